The average molecular weight is 402 g/mol. The number of rotatable bonds is 12. The van der Waals surface area contributed by atoms with E-state index in [4.69, 9.17) is 0 Å². The van der Waals surface area contributed by atoms with E-state index >= 15 is 0 Å². The normalized spacial score (nSPS) is 16.4. The van der Waals surface area contributed by atoms with Crippen LogP contribution in [0.1, 0.15) is 67.2 Å². The van der Waals surface area contributed by atoms with Gasteiger partial charge in [-0.25, -0.2) is 4.79 Å². The molecule has 0 aromatic rings. The second kappa shape index (κ2) is 11.6. The monoisotopic (exact) mass is 401 g/mol. The molecule has 0 radical (unpaired) electrons. The summed E-state index contributed by atoms with van der Waals surface area (Å²) in [5.41, 5.74) is -1.51. The van der Waals surface area contributed by atoms with Crippen LogP contribution < -0.4 is 16.0 Å². The van der Waals surface area contributed by atoms with Gasteiger partial charge >= 0.3 is 5.97 Å². The van der Waals surface area contributed by atoms with Crippen LogP contribution in [0.4, 0.5) is 0 Å². The van der Waals surface area contributed by atoms with Crippen molar-refractivity contribution >= 4 is 23.7 Å². The van der Waals surface area contributed by atoms with Gasteiger partial charge in [0.2, 0.25) is 17.7 Å². The molecule has 3 amide bonds. The van der Waals surface area contributed by atoms with Gasteiger partial charge in [-0.05, 0) is 39.0 Å². The van der Waals surface area contributed by atoms with E-state index < -0.39 is 41.5 Å². The zero-order chi connectivity index (χ0) is 22.1. The van der Waals surface area contributed by atoms with E-state index in [1.165, 1.54) is 13.8 Å². The summed E-state index contributed by atoms with van der Waals surface area (Å²) in [6, 6.07) is -3.34. The first-order valence-corrected chi connectivity index (χ1v) is 9.70. The maximum atomic E-state index is 12.6. The molecule has 0 bridgehead atoms. The minimum Gasteiger partial charge on any atom is -0.480 e. The van der Waals surface area contributed by atoms with Gasteiger partial charge < -0.3 is 26.2 Å². The highest BCUT2D eigenvalue weighted by Gasteiger charge is 2.38. The van der Waals surface area contributed by atoms with E-state index in [0.29, 0.717) is 6.42 Å². The molecular formula is C19H35N3O6. The lowest BCUT2D eigenvalue weighted by Crippen LogP contribution is -2.61. The quantitative estimate of drug-likeness (QED) is 0.323. The van der Waals surface area contributed by atoms with Gasteiger partial charge in [-0.15, -0.1) is 0 Å². The molecule has 9 nitrogen and oxygen atoms in total. The van der Waals surface area contributed by atoms with Crippen LogP contribution in [0, 0.1) is 5.92 Å². The Morgan fingerprint density at radius 1 is 0.964 bits per heavy atom. The number of carboxylic acids is 1. The predicted octanol–water partition coefficient (Wildman–Crippen LogP) is 0.553. The number of hydrogen-bond acceptors (Lipinski definition) is 5. The van der Waals surface area contributed by atoms with Crippen molar-refractivity contribution in [1.82, 2.24) is 16.0 Å². The number of hydrogen-bond donors (Lipinski definition) is 5. The molecule has 0 aliphatic rings. The van der Waals surface area contributed by atoms with Crippen molar-refractivity contribution in [3.05, 3.63) is 0 Å². The van der Waals surface area contributed by atoms with Gasteiger partial charge in [0, 0.05) is 6.42 Å². The van der Waals surface area contributed by atoms with Gasteiger partial charge in [-0.2, -0.15) is 0 Å². The highest BCUT2D eigenvalue weighted by molar-refractivity contribution is 5.93. The predicted molar refractivity (Wildman–Crippen MR) is 104 cm³/mol. The molecule has 0 aromatic heterocycles. The van der Waals surface area contributed by atoms with Crippen LogP contribution in [0.3, 0.4) is 0 Å². The fraction of sp³-hybridized carbons (Fsp3) is 0.789. The van der Waals surface area contributed by atoms with Gasteiger partial charge in [-0.1, -0.05) is 27.7 Å². The fourth-order valence-corrected chi connectivity index (χ4v) is 2.52. The summed E-state index contributed by atoms with van der Waals surface area (Å²) in [7, 11) is 0. The molecule has 0 heterocycles. The Labute approximate surface area is 166 Å². The van der Waals surface area contributed by atoms with Crippen molar-refractivity contribution < 1.29 is 29.4 Å². The first-order valence-electron chi connectivity index (χ1n) is 9.70. The number of carbonyl (C=O) groups is 4. The number of amides is 3. The molecule has 4 unspecified atom stereocenters. The van der Waals surface area contributed by atoms with Crippen LogP contribution in [0.15, 0.2) is 0 Å². The summed E-state index contributed by atoms with van der Waals surface area (Å²) in [4.78, 5) is 48.1. The van der Waals surface area contributed by atoms with Crippen LogP contribution in [0.25, 0.3) is 0 Å². The largest absolute Gasteiger partial charge is 0.480 e. The number of nitrogens with one attached hydrogen (secondary N) is 3. The van der Waals surface area contributed by atoms with Crippen LogP contribution in [-0.4, -0.2) is 57.6 Å². The van der Waals surface area contributed by atoms with Crippen LogP contribution in [0.2, 0.25) is 0 Å². The first-order chi connectivity index (χ1) is 12.8. The van der Waals surface area contributed by atoms with Gasteiger partial charge in [0.1, 0.15) is 18.1 Å². The van der Waals surface area contributed by atoms with Gasteiger partial charge in [0.25, 0.3) is 0 Å². The molecule has 28 heavy (non-hydrogen) atoms. The summed E-state index contributed by atoms with van der Waals surface area (Å²) in [6.07, 6.45) is 1.24. The van der Waals surface area contributed by atoms with Gasteiger partial charge in [0.05, 0.1) is 5.60 Å². The van der Waals surface area contributed by atoms with E-state index in [2.05, 4.69) is 16.0 Å². The van der Waals surface area contributed by atoms with E-state index in [1.54, 1.807) is 6.92 Å². The summed E-state index contributed by atoms with van der Waals surface area (Å²) in [5.74, 6) is -2.84. The van der Waals surface area contributed by atoms with E-state index in [9.17, 15) is 29.4 Å². The number of aliphatic hydroxyl groups is 1. The Morgan fingerprint density at radius 3 is 1.96 bits per heavy atom. The minimum atomic E-state index is -1.51. The molecule has 4 atom stereocenters. The van der Waals surface area contributed by atoms with Gasteiger partial charge in [0.15, 0.2) is 0 Å². The second-order valence-corrected chi connectivity index (χ2v) is 7.72. The van der Waals surface area contributed by atoms with Crippen LogP contribution >= 0.6 is 0 Å². The second-order valence-electron chi connectivity index (χ2n) is 7.72. The van der Waals surface area contributed by atoms with E-state index in [1.807, 2.05) is 20.8 Å². The topological polar surface area (TPSA) is 145 Å². The fourth-order valence-electron chi connectivity index (χ4n) is 2.52. The Hall–Kier alpha value is -2.16. The lowest BCUT2D eigenvalue weighted by molar-refractivity contribution is -0.143. The van der Waals surface area contributed by atoms with Crippen molar-refractivity contribution in [1.29, 1.82) is 0 Å². The first kappa shape index (κ1) is 25.8. The Morgan fingerprint density at radius 2 is 1.54 bits per heavy atom. The Kier molecular flexibility index (Phi) is 10.7. The molecule has 5 N–H and O–H groups in total. The number of carbonyl (C=O) groups excluding carboxylic acids is 3. The molecular weight excluding hydrogens is 366 g/mol. The molecule has 0 rings (SSSR count). The molecule has 0 saturated heterocycles. The smallest absolute Gasteiger partial charge is 0.326 e. The van der Waals surface area contributed by atoms with Crippen LogP contribution in [-0.2, 0) is 19.2 Å². The maximum Gasteiger partial charge on any atom is 0.326 e. The molecule has 0 fully saturated rings. The third kappa shape index (κ3) is 8.69. The molecule has 0 aromatic carbocycles. The van der Waals surface area contributed by atoms with Crippen molar-refractivity contribution in [2.24, 2.45) is 5.92 Å². The lowest BCUT2D eigenvalue weighted by atomic mass is 9.92. The van der Waals surface area contributed by atoms with Crippen molar-refractivity contribution in [2.75, 3.05) is 0 Å². The SMILES string of the molecule is CCCC(=O)NC(C(=O)NC(C)C(=O)NC(CC(C)C)C(=O)O)C(C)(O)CC. The molecule has 0 aliphatic carbocycles. The van der Waals surface area contributed by atoms with Crippen LogP contribution in [0.5, 0.6) is 0 Å². The number of carboxylic acid groups (broad SMARTS) is 1. The molecule has 162 valence electrons. The molecule has 9 heteroatoms. The summed E-state index contributed by atoms with van der Waals surface area (Å²) in [6.45, 7) is 10.00. The standard InChI is InChI=1S/C19H35N3O6/c1-7-9-14(23)22-15(19(6,28)8-2)17(25)20-12(5)16(24)21-13(18(26)27)10-11(3)4/h11-13,15,28H,7-10H2,1-6H3,(H,20,25)(H,21,24)(H,22,23)(H,26,27). The molecule has 0 spiro atoms. The lowest BCUT2D eigenvalue weighted by Gasteiger charge is -2.32. The van der Waals surface area contributed by atoms with Crippen molar-refractivity contribution in [3.63, 3.8) is 0 Å². The van der Waals surface area contributed by atoms with E-state index in [0.717, 1.165) is 0 Å². The number of aliphatic carboxylic acids is 1. The minimum absolute atomic E-state index is 0.0594. The molecule has 0 aliphatic heterocycles. The van der Waals surface area contributed by atoms with Gasteiger partial charge in [-0.3, -0.25) is 14.4 Å². The Bertz CT molecular complexity index is 562. The van der Waals surface area contributed by atoms with E-state index in [-0.39, 0.29) is 31.1 Å². The zero-order valence-corrected chi connectivity index (χ0v) is 17.7. The summed E-state index contributed by atoms with van der Waals surface area (Å²) in [5, 5.41) is 27.1. The Balaban J connectivity index is 5.15. The third-order valence-corrected chi connectivity index (χ3v) is 4.46. The maximum absolute atomic E-state index is 12.6. The highest BCUT2D eigenvalue weighted by Crippen LogP contribution is 2.15. The highest BCUT2D eigenvalue weighted by atomic mass is 16.4. The zero-order valence-electron chi connectivity index (χ0n) is 17.7. The molecule has 0 saturated carbocycles. The summed E-state index contributed by atoms with van der Waals surface area (Å²) < 4.78 is 0. The average Bonchev–Trinajstić information content (AvgIpc) is 2.58. The summed E-state index contributed by atoms with van der Waals surface area (Å²) >= 11 is 0. The van der Waals surface area contributed by atoms with Crippen molar-refractivity contribution in [3.8, 4) is 0 Å². The third-order valence-electron chi connectivity index (χ3n) is 4.46. The van der Waals surface area contributed by atoms with Crippen molar-refractivity contribution in [2.45, 2.75) is 91.0 Å².